The summed E-state index contributed by atoms with van der Waals surface area (Å²) < 4.78 is 0. The fraction of sp³-hybridized carbons (Fsp3) is 0.625. The van der Waals surface area contributed by atoms with E-state index in [0.29, 0.717) is 12.8 Å². The van der Waals surface area contributed by atoms with E-state index < -0.39 is 23.3 Å². The molecule has 14 heavy (non-hydrogen) atoms. The number of amides is 2. The fourth-order valence-electron chi connectivity index (χ4n) is 1.41. The van der Waals surface area contributed by atoms with Crippen LogP contribution in [0.25, 0.3) is 0 Å². The summed E-state index contributed by atoms with van der Waals surface area (Å²) in [4.78, 5) is 26.0. The molecule has 1 aliphatic heterocycles. The van der Waals surface area contributed by atoms with Crippen molar-refractivity contribution < 1.29 is 66.1 Å². The third kappa shape index (κ3) is 2.25. The van der Waals surface area contributed by atoms with E-state index in [0.717, 1.165) is 0 Å². The van der Waals surface area contributed by atoms with Gasteiger partial charge in [-0.1, -0.05) is 13.8 Å². The molecule has 0 aromatic heterocycles. The van der Waals surface area contributed by atoms with Gasteiger partial charge >= 0.3 is 51.4 Å². The molecule has 1 rings (SSSR count). The number of carbonyl (C=O) groups excluding carboxylic acids is 2. The molecule has 0 unspecified atom stereocenters. The summed E-state index contributed by atoms with van der Waals surface area (Å²) in [7, 11) is 0. The average molecular weight is 222 g/mol. The molecule has 0 bridgehead atoms. The molecule has 0 fully saturated rings. The minimum atomic E-state index is -1.12. The summed E-state index contributed by atoms with van der Waals surface area (Å²) in [5.41, 5.74) is -1.12. The van der Waals surface area contributed by atoms with E-state index in [-0.39, 0.29) is 51.4 Å². The zero-order valence-electron chi connectivity index (χ0n) is 8.59. The maximum atomic E-state index is 11.4. The van der Waals surface area contributed by atoms with Crippen molar-refractivity contribution in [3.05, 3.63) is 0 Å². The van der Waals surface area contributed by atoms with Crippen molar-refractivity contribution in [3.8, 4) is 0 Å². The molecule has 0 radical (unpaired) electrons. The Hall–Kier alpha value is 0.246. The zero-order chi connectivity index (χ0) is 10.1. The minimum Gasteiger partial charge on any atom is -0.846 e. The van der Waals surface area contributed by atoms with Crippen LogP contribution >= 0.6 is 0 Å². The summed E-state index contributed by atoms with van der Waals surface area (Å²) in [5.74, 6) is -1.14. The maximum absolute atomic E-state index is 11.4. The van der Waals surface area contributed by atoms with E-state index in [9.17, 15) is 14.7 Å². The Morgan fingerprint density at radius 3 is 2.21 bits per heavy atom. The van der Waals surface area contributed by atoms with Gasteiger partial charge < -0.3 is 10.4 Å². The van der Waals surface area contributed by atoms with Crippen LogP contribution in [0.5, 0.6) is 0 Å². The number of amidine groups is 1. The largest absolute Gasteiger partial charge is 1.00 e. The molecule has 0 aliphatic carbocycles. The molecule has 6 heteroatoms. The van der Waals surface area contributed by atoms with Crippen LogP contribution in [0.4, 0.5) is 0 Å². The van der Waals surface area contributed by atoms with Crippen molar-refractivity contribution in [2.45, 2.75) is 26.7 Å². The van der Waals surface area contributed by atoms with Crippen molar-refractivity contribution >= 4 is 17.8 Å². The summed E-state index contributed by atoms with van der Waals surface area (Å²) in [5, 5.41) is 12.7. The van der Waals surface area contributed by atoms with Crippen molar-refractivity contribution in [3.63, 3.8) is 0 Å². The standard InChI is InChI=1S/C8H12N2O3.K/c1-3-8(4-2)5(11)9-7(13)10-6(8)12;/h3-4H2,1-2H3,(H2,9,10,11,12,13);/q;+1/p-1. The van der Waals surface area contributed by atoms with Crippen LogP contribution in [0.1, 0.15) is 26.7 Å². The number of nitrogens with zero attached hydrogens (tertiary/aromatic N) is 1. The first kappa shape index (κ1) is 14.2. The Balaban J connectivity index is 0.00000169. The molecule has 0 saturated carbocycles. The SMILES string of the molecule is CCC1(CC)C(=O)N=C([O-])NC1=O.[K+]. The molecule has 0 saturated heterocycles. The van der Waals surface area contributed by atoms with Gasteiger partial charge in [0.2, 0.25) is 5.91 Å². The third-order valence-corrected chi connectivity index (χ3v) is 2.47. The van der Waals surface area contributed by atoms with E-state index in [1.807, 2.05) is 5.32 Å². The predicted molar refractivity (Wildman–Crippen MR) is 43.6 cm³/mol. The zero-order valence-corrected chi connectivity index (χ0v) is 11.7. The van der Waals surface area contributed by atoms with E-state index in [1.165, 1.54) is 0 Å². The van der Waals surface area contributed by atoms with Gasteiger partial charge in [-0.25, -0.2) is 4.99 Å². The topological polar surface area (TPSA) is 81.6 Å². The molecule has 1 N–H and O–H groups in total. The Bertz CT molecular complexity index is 284. The van der Waals surface area contributed by atoms with Crippen LogP contribution in [-0.2, 0) is 9.59 Å². The van der Waals surface area contributed by atoms with Crippen LogP contribution in [0.3, 0.4) is 0 Å². The molecule has 0 aromatic carbocycles. The molecule has 1 aliphatic rings. The summed E-state index contributed by atoms with van der Waals surface area (Å²) in [6.45, 7) is 3.46. The molecule has 0 aromatic rings. The Kier molecular flexibility index (Phi) is 5.46. The average Bonchev–Trinajstić information content (AvgIpc) is 2.05. The number of hydrogen-bond acceptors (Lipinski definition) is 3. The second-order valence-corrected chi connectivity index (χ2v) is 2.97. The monoisotopic (exact) mass is 222 g/mol. The van der Waals surface area contributed by atoms with Gasteiger partial charge in [-0.3, -0.25) is 9.59 Å². The van der Waals surface area contributed by atoms with Crippen LogP contribution in [-0.4, -0.2) is 17.8 Å². The Morgan fingerprint density at radius 1 is 1.36 bits per heavy atom. The molecule has 0 atom stereocenters. The number of carbonyl (C=O) groups is 2. The fourth-order valence-corrected chi connectivity index (χ4v) is 1.41. The first-order chi connectivity index (χ1) is 6.06. The van der Waals surface area contributed by atoms with Gasteiger partial charge in [-0.2, -0.15) is 0 Å². The van der Waals surface area contributed by atoms with Crippen LogP contribution < -0.4 is 61.8 Å². The Labute approximate surface area is 125 Å². The molecular formula is C8H11KN2O3. The van der Waals surface area contributed by atoms with E-state index in [1.54, 1.807) is 13.8 Å². The summed E-state index contributed by atoms with van der Waals surface area (Å²) in [6, 6.07) is -0.854. The van der Waals surface area contributed by atoms with E-state index in [4.69, 9.17) is 0 Å². The molecule has 1 heterocycles. The van der Waals surface area contributed by atoms with Gasteiger partial charge in [0.05, 0.1) is 6.02 Å². The third-order valence-electron chi connectivity index (χ3n) is 2.47. The van der Waals surface area contributed by atoms with Crippen molar-refractivity contribution in [1.29, 1.82) is 0 Å². The quantitative estimate of drug-likeness (QED) is 0.384. The molecule has 0 spiro atoms. The molecule has 2 amide bonds. The van der Waals surface area contributed by atoms with Gasteiger partial charge in [0.15, 0.2) is 0 Å². The smallest absolute Gasteiger partial charge is 0.846 e. The Morgan fingerprint density at radius 2 is 1.86 bits per heavy atom. The van der Waals surface area contributed by atoms with E-state index >= 15 is 0 Å². The normalized spacial score (nSPS) is 19.4. The van der Waals surface area contributed by atoms with E-state index in [2.05, 4.69) is 4.99 Å². The van der Waals surface area contributed by atoms with Crippen molar-refractivity contribution in [1.82, 2.24) is 5.32 Å². The summed E-state index contributed by atoms with van der Waals surface area (Å²) >= 11 is 0. The second-order valence-electron chi connectivity index (χ2n) is 2.97. The number of aliphatic imine (C=N–C) groups is 1. The molecule has 5 nitrogen and oxygen atoms in total. The summed E-state index contributed by atoms with van der Waals surface area (Å²) in [6.07, 6.45) is 0.732. The molecular weight excluding hydrogens is 211 g/mol. The van der Waals surface area contributed by atoms with Crippen molar-refractivity contribution in [2.24, 2.45) is 10.4 Å². The number of nitrogens with one attached hydrogen (secondary N) is 1. The van der Waals surface area contributed by atoms with Gasteiger partial charge in [0, 0.05) is 0 Å². The number of rotatable bonds is 2. The first-order valence-corrected chi connectivity index (χ1v) is 4.18. The van der Waals surface area contributed by atoms with Crippen molar-refractivity contribution in [2.75, 3.05) is 0 Å². The first-order valence-electron chi connectivity index (χ1n) is 4.18. The van der Waals surface area contributed by atoms with Gasteiger partial charge in [-0.05, 0) is 12.8 Å². The van der Waals surface area contributed by atoms with Crippen LogP contribution in [0.15, 0.2) is 4.99 Å². The predicted octanol–water partition coefficient (Wildman–Crippen LogP) is -3.83. The minimum absolute atomic E-state index is 0. The van der Waals surface area contributed by atoms with Gasteiger partial charge in [0.1, 0.15) is 5.41 Å². The van der Waals surface area contributed by atoms with Gasteiger partial charge in [0.25, 0.3) is 5.91 Å². The maximum Gasteiger partial charge on any atom is 1.00 e. The second kappa shape index (κ2) is 5.36. The molecule has 72 valence electrons. The number of hydrogen-bond donors (Lipinski definition) is 1. The van der Waals surface area contributed by atoms with Crippen LogP contribution in [0.2, 0.25) is 0 Å². The van der Waals surface area contributed by atoms with Crippen LogP contribution in [0, 0.1) is 5.41 Å². The van der Waals surface area contributed by atoms with Gasteiger partial charge in [-0.15, -0.1) is 0 Å².